The average Bonchev–Trinajstić information content (AvgIpc) is 3.05. The molecule has 31 heavy (non-hydrogen) atoms. The van der Waals surface area contributed by atoms with Crippen LogP contribution in [-0.4, -0.2) is 43.6 Å². The Bertz CT molecular complexity index is 1030. The zero-order chi connectivity index (χ0) is 21.6. The van der Waals surface area contributed by atoms with Crippen molar-refractivity contribution in [2.75, 3.05) is 13.1 Å². The van der Waals surface area contributed by atoms with Gasteiger partial charge in [-0.25, -0.2) is 0 Å². The third-order valence-corrected chi connectivity index (χ3v) is 5.89. The van der Waals surface area contributed by atoms with Crippen LogP contribution in [0.25, 0.3) is 0 Å². The molecule has 7 nitrogen and oxygen atoms in total. The zero-order valence-corrected chi connectivity index (χ0v) is 18.3. The quantitative estimate of drug-likeness (QED) is 0.638. The van der Waals surface area contributed by atoms with Crippen LogP contribution >= 0.6 is 0 Å². The van der Waals surface area contributed by atoms with Crippen molar-refractivity contribution in [3.05, 3.63) is 76.6 Å². The molecule has 4 rings (SSSR count). The van der Waals surface area contributed by atoms with Gasteiger partial charge in [0.25, 0.3) is 0 Å². The van der Waals surface area contributed by atoms with Crippen LogP contribution in [0.3, 0.4) is 0 Å². The lowest BCUT2D eigenvalue weighted by molar-refractivity contribution is -0.121. The van der Waals surface area contributed by atoms with Gasteiger partial charge in [-0.15, -0.1) is 10.2 Å². The van der Waals surface area contributed by atoms with E-state index in [1.807, 2.05) is 12.1 Å². The molecule has 3 heterocycles. The Morgan fingerprint density at radius 1 is 1.13 bits per heavy atom. The second-order valence-corrected chi connectivity index (χ2v) is 8.28. The second-order valence-electron chi connectivity index (χ2n) is 8.28. The molecule has 0 saturated carbocycles. The number of benzene rings is 1. The van der Waals surface area contributed by atoms with Crippen molar-refractivity contribution in [1.82, 2.24) is 30.0 Å². The lowest BCUT2D eigenvalue weighted by Gasteiger charge is -2.21. The molecule has 7 heteroatoms. The first-order valence-corrected chi connectivity index (χ1v) is 10.9. The minimum Gasteiger partial charge on any atom is -0.349 e. The summed E-state index contributed by atoms with van der Waals surface area (Å²) < 4.78 is 2.17. The van der Waals surface area contributed by atoms with E-state index in [-0.39, 0.29) is 5.91 Å². The van der Waals surface area contributed by atoms with Gasteiger partial charge in [0.1, 0.15) is 5.82 Å². The molecule has 0 spiro atoms. The van der Waals surface area contributed by atoms with Crippen molar-refractivity contribution >= 4 is 5.91 Å². The number of rotatable bonds is 7. The zero-order valence-electron chi connectivity index (χ0n) is 18.3. The van der Waals surface area contributed by atoms with Crippen LogP contribution in [0.2, 0.25) is 0 Å². The summed E-state index contributed by atoms with van der Waals surface area (Å²) in [5.74, 6) is 1.85. The first-order valence-electron chi connectivity index (χ1n) is 10.9. The predicted molar refractivity (Wildman–Crippen MR) is 119 cm³/mol. The maximum atomic E-state index is 12.3. The van der Waals surface area contributed by atoms with Crippen LogP contribution in [0.15, 0.2) is 42.7 Å². The van der Waals surface area contributed by atoms with Gasteiger partial charge < -0.3 is 9.88 Å². The third-order valence-electron chi connectivity index (χ3n) is 5.89. The van der Waals surface area contributed by atoms with E-state index in [0.29, 0.717) is 19.4 Å². The van der Waals surface area contributed by atoms with E-state index in [1.165, 1.54) is 16.7 Å². The Kier molecular flexibility index (Phi) is 6.72. The average molecular weight is 419 g/mol. The van der Waals surface area contributed by atoms with Crippen molar-refractivity contribution in [1.29, 1.82) is 0 Å². The molecule has 0 saturated heterocycles. The maximum Gasteiger partial charge on any atom is 0.220 e. The first-order chi connectivity index (χ1) is 15.1. The van der Waals surface area contributed by atoms with Crippen molar-refractivity contribution in [2.45, 2.75) is 52.7 Å². The van der Waals surface area contributed by atoms with E-state index in [4.69, 9.17) is 0 Å². The van der Waals surface area contributed by atoms with Gasteiger partial charge in [-0.3, -0.25) is 14.7 Å². The van der Waals surface area contributed by atoms with E-state index in [9.17, 15) is 4.79 Å². The number of pyridine rings is 1. The molecule has 0 atom stereocenters. The fourth-order valence-corrected chi connectivity index (χ4v) is 4.05. The SMILES string of the molecule is Cc1ccc(CN2CCc3nnc(CNC(=O)CCc4cccnc4)n3CC2)c(C)c1. The number of aryl methyl sites for hydroxylation is 3. The van der Waals surface area contributed by atoms with E-state index in [0.717, 1.165) is 49.8 Å². The number of hydrogen-bond acceptors (Lipinski definition) is 5. The van der Waals surface area contributed by atoms with Crippen molar-refractivity contribution in [2.24, 2.45) is 0 Å². The van der Waals surface area contributed by atoms with E-state index in [1.54, 1.807) is 12.4 Å². The predicted octanol–water partition coefficient (Wildman–Crippen LogP) is 2.60. The Hall–Kier alpha value is -3.06. The van der Waals surface area contributed by atoms with Crippen LogP contribution in [0.5, 0.6) is 0 Å². The van der Waals surface area contributed by atoms with Crippen molar-refractivity contribution in [3.63, 3.8) is 0 Å². The van der Waals surface area contributed by atoms with Crippen LogP contribution < -0.4 is 5.32 Å². The highest BCUT2D eigenvalue weighted by atomic mass is 16.1. The minimum atomic E-state index is 0.0197. The van der Waals surface area contributed by atoms with Crippen molar-refractivity contribution < 1.29 is 4.79 Å². The Balaban J connectivity index is 1.30. The molecule has 1 aliphatic heterocycles. The Morgan fingerprint density at radius 3 is 2.84 bits per heavy atom. The summed E-state index contributed by atoms with van der Waals surface area (Å²) in [6, 6.07) is 10.5. The topological polar surface area (TPSA) is 75.9 Å². The fraction of sp³-hybridized carbons (Fsp3) is 0.417. The minimum absolute atomic E-state index is 0.0197. The molecule has 0 radical (unpaired) electrons. The summed E-state index contributed by atoms with van der Waals surface area (Å²) in [6.07, 6.45) is 5.54. The number of carbonyl (C=O) groups is 1. The fourth-order valence-electron chi connectivity index (χ4n) is 4.05. The number of nitrogens with zero attached hydrogens (tertiary/aromatic N) is 5. The second kappa shape index (κ2) is 9.83. The lowest BCUT2D eigenvalue weighted by Crippen LogP contribution is -2.28. The largest absolute Gasteiger partial charge is 0.349 e. The van der Waals surface area contributed by atoms with E-state index < -0.39 is 0 Å². The van der Waals surface area contributed by atoms with Crippen LogP contribution in [0.4, 0.5) is 0 Å². The highest BCUT2D eigenvalue weighted by Crippen LogP contribution is 2.16. The highest BCUT2D eigenvalue weighted by molar-refractivity contribution is 5.76. The van der Waals surface area contributed by atoms with Gasteiger partial charge in [-0.2, -0.15) is 0 Å². The monoisotopic (exact) mass is 418 g/mol. The number of aromatic nitrogens is 4. The van der Waals surface area contributed by atoms with Gasteiger partial charge in [-0.1, -0.05) is 29.8 Å². The summed E-state index contributed by atoms with van der Waals surface area (Å²) >= 11 is 0. The number of carbonyl (C=O) groups excluding carboxylic acids is 1. The van der Waals surface area contributed by atoms with Crippen LogP contribution in [0, 0.1) is 13.8 Å². The van der Waals surface area contributed by atoms with Gasteiger partial charge >= 0.3 is 0 Å². The van der Waals surface area contributed by atoms with Gasteiger partial charge in [0.2, 0.25) is 5.91 Å². The van der Waals surface area contributed by atoms with Crippen LogP contribution in [-0.2, 0) is 37.3 Å². The molecule has 0 aliphatic carbocycles. The molecule has 1 aromatic carbocycles. The number of nitrogens with one attached hydrogen (secondary N) is 1. The molecule has 0 fully saturated rings. The van der Waals surface area contributed by atoms with Crippen LogP contribution in [0.1, 0.15) is 40.3 Å². The highest BCUT2D eigenvalue weighted by Gasteiger charge is 2.19. The molecular formula is C24H30N6O. The molecule has 1 aliphatic rings. The Labute approximate surface area is 183 Å². The van der Waals surface area contributed by atoms with Gasteiger partial charge in [0, 0.05) is 51.4 Å². The summed E-state index contributed by atoms with van der Waals surface area (Å²) in [5.41, 5.74) is 5.09. The molecule has 1 amide bonds. The number of amides is 1. The molecule has 3 aromatic rings. The summed E-state index contributed by atoms with van der Waals surface area (Å²) in [4.78, 5) is 18.8. The molecular weight excluding hydrogens is 388 g/mol. The Morgan fingerprint density at radius 2 is 2.03 bits per heavy atom. The summed E-state index contributed by atoms with van der Waals surface area (Å²) in [5, 5.41) is 11.7. The molecule has 0 bridgehead atoms. The standard InChI is InChI=1S/C24H30N6O/c1-18-5-7-21(19(2)14-18)17-29-11-9-22-27-28-23(30(22)13-12-29)16-26-24(31)8-6-20-4-3-10-25-15-20/h3-5,7,10,14-15H,6,8-9,11-13,16-17H2,1-2H3,(H,26,31). The lowest BCUT2D eigenvalue weighted by atomic mass is 10.1. The molecule has 162 valence electrons. The smallest absolute Gasteiger partial charge is 0.220 e. The number of fused-ring (bicyclic) bond motifs is 1. The normalized spacial score (nSPS) is 14.1. The molecule has 2 aromatic heterocycles. The molecule has 0 unspecified atom stereocenters. The van der Waals surface area contributed by atoms with Gasteiger partial charge in [0.15, 0.2) is 5.82 Å². The first kappa shape index (κ1) is 21.2. The molecule has 1 N–H and O–H groups in total. The summed E-state index contributed by atoms with van der Waals surface area (Å²) in [6.45, 7) is 8.43. The van der Waals surface area contributed by atoms with Crippen molar-refractivity contribution in [3.8, 4) is 0 Å². The van der Waals surface area contributed by atoms with Gasteiger partial charge in [-0.05, 0) is 43.0 Å². The summed E-state index contributed by atoms with van der Waals surface area (Å²) in [7, 11) is 0. The number of hydrogen-bond donors (Lipinski definition) is 1. The third kappa shape index (κ3) is 5.55. The van der Waals surface area contributed by atoms with E-state index in [2.05, 4.69) is 62.0 Å². The van der Waals surface area contributed by atoms with Gasteiger partial charge in [0.05, 0.1) is 6.54 Å². The van der Waals surface area contributed by atoms with E-state index >= 15 is 0 Å². The maximum absolute atomic E-state index is 12.3.